The van der Waals surface area contributed by atoms with E-state index >= 15 is 0 Å². The van der Waals surface area contributed by atoms with Crippen molar-refractivity contribution in [2.75, 3.05) is 0 Å². The molecule has 8 heteroatoms. The molecule has 0 bridgehead atoms. The van der Waals surface area contributed by atoms with Crippen LogP contribution in [0.25, 0.3) is 0 Å². The van der Waals surface area contributed by atoms with Gasteiger partial charge in [0.15, 0.2) is 0 Å². The van der Waals surface area contributed by atoms with Gasteiger partial charge in [-0.1, -0.05) is 17.7 Å². The Balaban J connectivity index is 0.000000631. The maximum Gasteiger partial charge on any atom is 0.300 e. The van der Waals surface area contributed by atoms with Crippen molar-refractivity contribution in [2.45, 2.75) is 6.92 Å². The van der Waals surface area contributed by atoms with E-state index in [9.17, 15) is 4.39 Å². The Hall–Kier alpha value is -2.15. The normalized spacial score (nSPS) is 9.50. The maximum atomic E-state index is 12.7. The highest BCUT2D eigenvalue weighted by Gasteiger charge is 1.98. The highest BCUT2D eigenvalue weighted by Crippen LogP contribution is 2.14. The monoisotopic (exact) mass is 274 g/mol. The number of carbonyl (C=O) groups is 1. The molecule has 0 aliphatic carbocycles. The van der Waals surface area contributed by atoms with Crippen molar-refractivity contribution in [1.29, 1.82) is 0 Å². The van der Waals surface area contributed by atoms with Gasteiger partial charge in [0.05, 0.1) is 11.2 Å². The van der Waals surface area contributed by atoms with Gasteiger partial charge in [-0.3, -0.25) is 4.79 Å². The SMILES string of the molecule is CC(=O)O.NC(N)=NN=Cc1ccc(F)c(Cl)c1. The van der Waals surface area contributed by atoms with Gasteiger partial charge in [0.25, 0.3) is 5.97 Å². The Bertz CT molecular complexity index is 469. The first kappa shape index (κ1) is 15.9. The summed E-state index contributed by atoms with van der Waals surface area (Å²) in [6, 6.07) is 4.16. The van der Waals surface area contributed by atoms with E-state index < -0.39 is 11.8 Å². The third-order valence-electron chi connectivity index (χ3n) is 1.32. The fourth-order valence-corrected chi connectivity index (χ4v) is 0.944. The average molecular weight is 275 g/mol. The highest BCUT2D eigenvalue weighted by atomic mass is 35.5. The minimum atomic E-state index is -0.833. The molecule has 0 radical (unpaired) electrons. The minimum absolute atomic E-state index is 0.0265. The first-order valence-corrected chi connectivity index (χ1v) is 4.97. The molecule has 0 aliphatic heterocycles. The molecule has 5 N–H and O–H groups in total. The summed E-state index contributed by atoms with van der Waals surface area (Å²) in [5.41, 5.74) is 10.7. The molecule has 1 aromatic rings. The average Bonchev–Trinajstić information content (AvgIpc) is 2.22. The van der Waals surface area contributed by atoms with Crippen LogP contribution in [-0.4, -0.2) is 23.2 Å². The molecule has 18 heavy (non-hydrogen) atoms. The molecule has 0 saturated carbocycles. The molecular formula is C10H12ClFN4O2. The third-order valence-corrected chi connectivity index (χ3v) is 1.61. The first-order valence-electron chi connectivity index (χ1n) is 4.59. The van der Waals surface area contributed by atoms with Gasteiger partial charge in [-0.25, -0.2) is 4.39 Å². The lowest BCUT2D eigenvalue weighted by molar-refractivity contribution is -0.134. The summed E-state index contributed by atoms with van der Waals surface area (Å²) < 4.78 is 12.7. The van der Waals surface area contributed by atoms with E-state index in [2.05, 4.69) is 10.2 Å². The predicted molar refractivity (Wildman–Crippen MR) is 68.1 cm³/mol. The van der Waals surface area contributed by atoms with E-state index in [0.717, 1.165) is 6.92 Å². The molecule has 0 heterocycles. The van der Waals surface area contributed by atoms with E-state index in [1.54, 1.807) is 0 Å². The summed E-state index contributed by atoms with van der Waals surface area (Å²) in [7, 11) is 0. The zero-order valence-corrected chi connectivity index (χ0v) is 10.2. The maximum absolute atomic E-state index is 12.7. The Labute approximate surface area is 108 Å². The Kier molecular flexibility index (Phi) is 7.06. The van der Waals surface area contributed by atoms with Crippen LogP contribution in [0.4, 0.5) is 4.39 Å². The molecule has 0 spiro atoms. The number of carboxylic acid groups (broad SMARTS) is 1. The number of rotatable bonds is 2. The topological polar surface area (TPSA) is 114 Å². The molecule has 6 nitrogen and oxygen atoms in total. The van der Waals surface area contributed by atoms with Crippen LogP contribution in [0.5, 0.6) is 0 Å². The lowest BCUT2D eigenvalue weighted by Crippen LogP contribution is -2.21. The summed E-state index contributed by atoms with van der Waals surface area (Å²) >= 11 is 5.53. The van der Waals surface area contributed by atoms with E-state index in [1.807, 2.05) is 0 Å². The lowest BCUT2D eigenvalue weighted by atomic mass is 10.2. The van der Waals surface area contributed by atoms with Crippen molar-refractivity contribution >= 4 is 29.7 Å². The molecule has 0 unspecified atom stereocenters. The van der Waals surface area contributed by atoms with Crippen LogP contribution in [0.2, 0.25) is 5.02 Å². The van der Waals surface area contributed by atoms with Gasteiger partial charge < -0.3 is 16.6 Å². The lowest BCUT2D eigenvalue weighted by Gasteiger charge is -1.94. The van der Waals surface area contributed by atoms with Gasteiger partial charge in [-0.2, -0.15) is 5.10 Å². The van der Waals surface area contributed by atoms with Gasteiger partial charge in [0.1, 0.15) is 5.82 Å². The molecule has 98 valence electrons. The van der Waals surface area contributed by atoms with Crippen LogP contribution in [-0.2, 0) is 4.79 Å². The molecular weight excluding hydrogens is 263 g/mol. The summed E-state index contributed by atoms with van der Waals surface area (Å²) in [6.07, 6.45) is 1.37. The zero-order chi connectivity index (χ0) is 14.1. The van der Waals surface area contributed by atoms with Crippen LogP contribution in [0.15, 0.2) is 28.4 Å². The summed E-state index contributed by atoms with van der Waals surface area (Å²) in [5.74, 6) is -1.46. The second kappa shape index (κ2) is 8.02. The van der Waals surface area contributed by atoms with Crippen molar-refractivity contribution in [3.05, 3.63) is 34.6 Å². The van der Waals surface area contributed by atoms with Crippen LogP contribution in [0.1, 0.15) is 12.5 Å². The van der Waals surface area contributed by atoms with Gasteiger partial charge in [0, 0.05) is 6.92 Å². The summed E-state index contributed by atoms with van der Waals surface area (Å²) in [5, 5.41) is 14.4. The second-order valence-electron chi connectivity index (χ2n) is 2.96. The molecule has 0 atom stereocenters. The van der Waals surface area contributed by atoms with Crippen LogP contribution < -0.4 is 11.5 Å². The Morgan fingerprint density at radius 2 is 2.06 bits per heavy atom. The number of guanidine groups is 1. The number of halogens is 2. The zero-order valence-electron chi connectivity index (χ0n) is 9.47. The predicted octanol–water partition coefficient (Wildman–Crippen LogP) is 1.18. The van der Waals surface area contributed by atoms with Gasteiger partial charge in [0.2, 0.25) is 5.96 Å². The van der Waals surface area contributed by atoms with E-state index in [4.69, 9.17) is 33.0 Å². The molecule has 0 aromatic heterocycles. The fraction of sp³-hybridized carbons (Fsp3) is 0.100. The largest absolute Gasteiger partial charge is 0.481 e. The molecule has 0 amide bonds. The first-order chi connectivity index (χ1) is 8.32. The molecule has 1 aromatic carbocycles. The molecule has 0 saturated heterocycles. The molecule has 0 aliphatic rings. The smallest absolute Gasteiger partial charge is 0.300 e. The molecule has 1 rings (SSSR count). The Morgan fingerprint density at radius 3 is 2.50 bits per heavy atom. The number of nitrogens with two attached hydrogens (primary N) is 2. The van der Waals surface area contributed by atoms with Crippen molar-refractivity contribution in [3.63, 3.8) is 0 Å². The number of aliphatic carboxylic acids is 1. The number of hydrogen-bond donors (Lipinski definition) is 3. The van der Waals surface area contributed by atoms with Crippen LogP contribution in [0.3, 0.4) is 0 Å². The van der Waals surface area contributed by atoms with Crippen molar-refractivity contribution in [2.24, 2.45) is 21.7 Å². The van der Waals surface area contributed by atoms with Gasteiger partial charge in [-0.15, -0.1) is 5.10 Å². The van der Waals surface area contributed by atoms with Crippen molar-refractivity contribution in [3.8, 4) is 0 Å². The van der Waals surface area contributed by atoms with Crippen LogP contribution in [0, 0.1) is 5.82 Å². The fourth-order valence-electron chi connectivity index (χ4n) is 0.755. The second-order valence-corrected chi connectivity index (χ2v) is 3.37. The number of carboxylic acids is 1. The standard InChI is InChI=1S/C8H8ClFN4.C2H4O2/c9-6-3-5(1-2-7(6)10)4-13-14-8(11)12;1-2(3)4/h1-4H,(H4,11,12,14);1H3,(H,3,4). The highest BCUT2D eigenvalue weighted by molar-refractivity contribution is 6.31. The van der Waals surface area contributed by atoms with Gasteiger partial charge >= 0.3 is 0 Å². The van der Waals surface area contributed by atoms with E-state index in [1.165, 1.54) is 24.4 Å². The quantitative estimate of drug-likeness (QED) is 0.427. The minimum Gasteiger partial charge on any atom is -0.481 e. The summed E-state index contributed by atoms with van der Waals surface area (Å²) in [4.78, 5) is 9.00. The third kappa shape index (κ3) is 8.05. The number of benzene rings is 1. The summed E-state index contributed by atoms with van der Waals surface area (Å²) in [6.45, 7) is 1.08. The van der Waals surface area contributed by atoms with Crippen molar-refractivity contribution in [1.82, 2.24) is 0 Å². The molecule has 0 fully saturated rings. The van der Waals surface area contributed by atoms with Crippen molar-refractivity contribution < 1.29 is 14.3 Å². The number of hydrogen-bond acceptors (Lipinski definition) is 3. The van der Waals surface area contributed by atoms with Crippen LogP contribution >= 0.6 is 11.6 Å². The van der Waals surface area contributed by atoms with Gasteiger partial charge in [-0.05, 0) is 17.7 Å². The number of nitrogens with zero attached hydrogens (tertiary/aromatic N) is 2. The Morgan fingerprint density at radius 1 is 1.50 bits per heavy atom. The van der Waals surface area contributed by atoms with E-state index in [-0.39, 0.29) is 11.0 Å². The van der Waals surface area contributed by atoms with E-state index in [0.29, 0.717) is 5.56 Å².